The van der Waals surface area contributed by atoms with Gasteiger partial charge in [-0.2, -0.15) is 0 Å². The highest BCUT2D eigenvalue weighted by Gasteiger charge is 2.20. The lowest BCUT2D eigenvalue weighted by molar-refractivity contribution is 0.0601. The molecule has 2 aromatic rings. The summed E-state index contributed by atoms with van der Waals surface area (Å²) in [5.74, 6) is -2.42. The molecule has 1 aromatic heterocycles. The Bertz CT molecular complexity index is 713. The van der Waals surface area contributed by atoms with E-state index in [0.717, 1.165) is 13.3 Å². The molecule has 0 aliphatic rings. The quantitative estimate of drug-likeness (QED) is 0.640. The number of pyridine rings is 1. The van der Waals surface area contributed by atoms with Gasteiger partial charge in [-0.05, 0) is 18.2 Å². The second-order valence-electron chi connectivity index (χ2n) is 3.89. The first-order chi connectivity index (χ1) is 9.93. The van der Waals surface area contributed by atoms with Crippen molar-refractivity contribution in [2.45, 2.75) is 0 Å². The first-order valence-corrected chi connectivity index (χ1v) is 6.75. The predicted molar refractivity (Wildman–Crippen MR) is 77.9 cm³/mol. The summed E-state index contributed by atoms with van der Waals surface area (Å²) in [5, 5.41) is 2.05. The molecule has 1 N–H and O–H groups in total. The molecule has 0 saturated carbocycles. The van der Waals surface area contributed by atoms with Crippen molar-refractivity contribution in [3.63, 3.8) is 0 Å². The molecular formula is C13H8BrClF2N2O2. The summed E-state index contributed by atoms with van der Waals surface area (Å²) in [6.07, 6.45) is 1.05. The van der Waals surface area contributed by atoms with Crippen LogP contribution in [0, 0.1) is 11.6 Å². The van der Waals surface area contributed by atoms with Gasteiger partial charge in [0.25, 0.3) is 0 Å². The standard InChI is InChI=1S/C13H8BrClF2N2O2/c1-21-13(20)7-5-18-12(15)10(17)11(7)19-9-3-2-6(14)4-8(9)16/h2-5H,1H3,(H,18,19). The second kappa shape index (κ2) is 6.36. The normalized spacial score (nSPS) is 10.3. The molecule has 1 heterocycles. The molecule has 110 valence electrons. The number of anilines is 2. The molecule has 0 aliphatic heterocycles. The molecule has 0 spiro atoms. The van der Waals surface area contributed by atoms with Crippen molar-refractivity contribution < 1.29 is 18.3 Å². The number of halogens is 4. The number of nitrogens with one attached hydrogen (secondary N) is 1. The van der Waals surface area contributed by atoms with Crippen LogP contribution in [0.5, 0.6) is 0 Å². The van der Waals surface area contributed by atoms with Gasteiger partial charge in [0.2, 0.25) is 0 Å². The predicted octanol–water partition coefficient (Wildman–Crippen LogP) is 4.31. The molecule has 8 heteroatoms. The molecule has 0 atom stereocenters. The van der Waals surface area contributed by atoms with Crippen molar-refractivity contribution in [2.75, 3.05) is 12.4 Å². The zero-order valence-electron chi connectivity index (χ0n) is 10.6. The van der Waals surface area contributed by atoms with E-state index in [4.69, 9.17) is 11.6 Å². The van der Waals surface area contributed by atoms with E-state index in [1.54, 1.807) is 6.07 Å². The lowest BCUT2D eigenvalue weighted by atomic mass is 10.2. The summed E-state index contributed by atoms with van der Waals surface area (Å²) >= 11 is 8.70. The number of benzene rings is 1. The fourth-order valence-electron chi connectivity index (χ4n) is 1.58. The highest BCUT2D eigenvalue weighted by Crippen LogP contribution is 2.30. The summed E-state index contributed by atoms with van der Waals surface area (Å²) in [5.41, 5.74) is -0.519. The first kappa shape index (κ1) is 15.7. The van der Waals surface area contributed by atoms with Crippen molar-refractivity contribution in [1.29, 1.82) is 0 Å². The van der Waals surface area contributed by atoms with Crippen LogP contribution in [-0.4, -0.2) is 18.1 Å². The van der Waals surface area contributed by atoms with E-state index in [0.29, 0.717) is 4.47 Å². The van der Waals surface area contributed by atoms with Crippen LogP contribution in [0.25, 0.3) is 0 Å². The Labute approximate surface area is 132 Å². The molecule has 0 amide bonds. The highest BCUT2D eigenvalue weighted by atomic mass is 79.9. The van der Waals surface area contributed by atoms with E-state index in [9.17, 15) is 13.6 Å². The average Bonchev–Trinajstić information content (AvgIpc) is 2.45. The van der Waals surface area contributed by atoms with Crippen LogP contribution in [0.4, 0.5) is 20.2 Å². The number of aromatic nitrogens is 1. The molecule has 0 aliphatic carbocycles. The van der Waals surface area contributed by atoms with E-state index in [1.807, 2.05) is 0 Å². The molecule has 4 nitrogen and oxygen atoms in total. The number of nitrogens with zero attached hydrogens (tertiary/aromatic N) is 1. The van der Waals surface area contributed by atoms with Gasteiger partial charge in [-0.3, -0.25) is 0 Å². The van der Waals surface area contributed by atoms with Crippen LogP contribution in [0.1, 0.15) is 10.4 Å². The largest absolute Gasteiger partial charge is 0.465 e. The fraction of sp³-hybridized carbons (Fsp3) is 0.0769. The summed E-state index contributed by atoms with van der Waals surface area (Å²) < 4.78 is 32.9. The third-order valence-electron chi connectivity index (χ3n) is 2.57. The Kier molecular flexibility index (Phi) is 4.74. The highest BCUT2D eigenvalue weighted by molar-refractivity contribution is 9.10. The van der Waals surface area contributed by atoms with Crippen LogP contribution >= 0.6 is 27.5 Å². The van der Waals surface area contributed by atoms with Gasteiger partial charge < -0.3 is 10.1 Å². The number of esters is 1. The van der Waals surface area contributed by atoms with Crippen molar-refractivity contribution in [2.24, 2.45) is 0 Å². The van der Waals surface area contributed by atoms with Crippen LogP contribution in [0.2, 0.25) is 5.15 Å². The van der Waals surface area contributed by atoms with Crippen LogP contribution in [0.3, 0.4) is 0 Å². The minimum Gasteiger partial charge on any atom is -0.465 e. The van der Waals surface area contributed by atoms with Gasteiger partial charge in [0.05, 0.1) is 18.5 Å². The third-order valence-corrected chi connectivity index (χ3v) is 3.33. The average molecular weight is 378 g/mol. The molecule has 0 saturated heterocycles. The molecule has 2 rings (SSSR count). The monoisotopic (exact) mass is 376 g/mol. The topological polar surface area (TPSA) is 51.2 Å². The number of hydrogen-bond acceptors (Lipinski definition) is 4. The van der Waals surface area contributed by atoms with Gasteiger partial charge >= 0.3 is 5.97 Å². The molecule has 21 heavy (non-hydrogen) atoms. The Balaban J connectivity index is 2.51. The Hall–Kier alpha value is -1.73. The number of carbonyl (C=O) groups is 1. The van der Waals surface area contributed by atoms with Gasteiger partial charge in [0, 0.05) is 10.7 Å². The number of ether oxygens (including phenoxy) is 1. The molecule has 0 fully saturated rings. The van der Waals surface area contributed by atoms with E-state index in [2.05, 4.69) is 31.0 Å². The lowest BCUT2D eigenvalue weighted by Crippen LogP contribution is -2.09. The summed E-state index contributed by atoms with van der Waals surface area (Å²) in [7, 11) is 1.14. The summed E-state index contributed by atoms with van der Waals surface area (Å²) in [6.45, 7) is 0. The number of carbonyl (C=O) groups excluding carboxylic acids is 1. The number of rotatable bonds is 3. The van der Waals surface area contributed by atoms with Gasteiger partial charge in [-0.25, -0.2) is 18.6 Å². The molecule has 0 bridgehead atoms. The second-order valence-corrected chi connectivity index (χ2v) is 5.17. The zero-order valence-corrected chi connectivity index (χ0v) is 12.9. The zero-order chi connectivity index (χ0) is 15.6. The van der Waals surface area contributed by atoms with Gasteiger partial charge in [0.15, 0.2) is 11.0 Å². The number of hydrogen-bond donors (Lipinski definition) is 1. The molecule has 0 unspecified atom stereocenters. The van der Waals surface area contributed by atoms with Crippen molar-refractivity contribution in [3.05, 3.63) is 51.2 Å². The van der Waals surface area contributed by atoms with Gasteiger partial charge in [-0.15, -0.1) is 0 Å². The third kappa shape index (κ3) is 3.30. The lowest BCUT2D eigenvalue weighted by Gasteiger charge is -2.13. The minimum atomic E-state index is -0.970. The van der Waals surface area contributed by atoms with Gasteiger partial charge in [0.1, 0.15) is 11.4 Å². The maximum Gasteiger partial charge on any atom is 0.341 e. The maximum absolute atomic E-state index is 14.1. The Morgan fingerprint density at radius 1 is 1.43 bits per heavy atom. The van der Waals surface area contributed by atoms with Crippen molar-refractivity contribution >= 4 is 44.9 Å². The maximum atomic E-state index is 14.1. The van der Waals surface area contributed by atoms with Crippen molar-refractivity contribution in [3.8, 4) is 0 Å². The van der Waals surface area contributed by atoms with Crippen LogP contribution < -0.4 is 5.32 Å². The van der Waals surface area contributed by atoms with E-state index in [1.165, 1.54) is 12.1 Å². The minimum absolute atomic E-state index is 0.0236. The van der Waals surface area contributed by atoms with E-state index in [-0.39, 0.29) is 16.9 Å². The van der Waals surface area contributed by atoms with Crippen LogP contribution in [-0.2, 0) is 4.74 Å². The molecule has 1 aromatic carbocycles. The van der Waals surface area contributed by atoms with E-state index >= 15 is 0 Å². The molecular weight excluding hydrogens is 370 g/mol. The summed E-state index contributed by atoms with van der Waals surface area (Å²) in [6, 6.07) is 4.14. The SMILES string of the molecule is COC(=O)c1cnc(Cl)c(F)c1Nc1ccc(Br)cc1F. The summed E-state index contributed by atoms with van der Waals surface area (Å²) in [4.78, 5) is 15.1. The van der Waals surface area contributed by atoms with Crippen molar-refractivity contribution in [1.82, 2.24) is 4.98 Å². The fourth-order valence-corrected chi connectivity index (χ4v) is 2.05. The van der Waals surface area contributed by atoms with E-state index < -0.39 is 22.8 Å². The Morgan fingerprint density at radius 3 is 2.76 bits per heavy atom. The molecule has 0 radical (unpaired) electrons. The smallest absolute Gasteiger partial charge is 0.341 e. The van der Waals surface area contributed by atoms with Gasteiger partial charge in [-0.1, -0.05) is 27.5 Å². The first-order valence-electron chi connectivity index (χ1n) is 5.58. The van der Waals surface area contributed by atoms with Crippen LogP contribution in [0.15, 0.2) is 28.9 Å². The number of methoxy groups -OCH3 is 1. The Morgan fingerprint density at radius 2 is 2.14 bits per heavy atom.